The van der Waals surface area contributed by atoms with E-state index in [9.17, 15) is 4.79 Å². The third kappa shape index (κ3) is 3.51. The van der Waals surface area contributed by atoms with Gasteiger partial charge in [0.25, 0.3) is 5.91 Å². The molecule has 1 heterocycles. The number of benzene rings is 3. The predicted octanol–water partition coefficient (Wildman–Crippen LogP) is 4.47. The molecule has 0 bridgehead atoms. The van der Waals surface area contributed by atoms with Gasteiger partial charge in [-0.1, -0.05) is 48.5 Å². The van der Waals surface area contributed by atoms with Gasteiger partial charge in [-0.15, -0.1) is 0 Å². The maximum atomic E-state index is 13.0. The average molecular weight is 359 g/mol. The van der Waals surface area contributed by atoms with Crippen LogP contribution in [0.25, 0.3) is 0 Å². The molecule has 3 aromatic carbocycles. The van der Waals surface area contributed by atoms with Gasteiger partial charge >= 0.3 is 0 Å². The number of amides is 1. The Morgan fingerprint density at radius 1 is 0.889 bits per heavy atom. The lowest BCUT2D eigenvalue weighted by Crippen LogP contribution is -2.33. The Labute approximate surface area is 159 Å². The Hall–Kier alpha value is -3.27. The van der Waals surface area contributed by atoms with Gasteiger partial charge < -0.3 is 14.4 Å². The van der Waals surface area contributed by atoms with Gasteiger partial charge in [0.15, 0.2) is 0 Å². The fourth-order valence-corrected chi connectivity index (χ4v) is 3.42. The number of methoxy groups -OCH3 is 1. The molecule has 0 spiro atoms. The fourth-order valence-electron chi connectivity index (χ4n) is 3.42. The van der Waals surface area contributed by atoms with Crippen LogP contribution in [0.15, 0.2) is 78.9 Å². The maximum Gasteiger partial charge on any atom is 0.255 e. The van der Waals surface area contributed by atoms with Crippen LogP contribution in [-0.4, -0.2) is 24.5 Å². The Kier molecular flexibility index (Phi) is 4.79. The molecule has 1 aliphatic heterocycles. The van der Waals surface area contributed by atoms with Crippen molar-refractivity contribution in [1.29, 1.82) is 0 Å². The smallest absolute Gasteiger partial charge is 0.255 e. The highest BCUT2D eigenvalue weighted by Crippen LogP contribution is 2.32. The molecule has 3 aromatic rings. The van der Waals surface area contributed by atoms with E-state index in [0.29, 0.717) is 13.2 Å². The molecule has 0 saturated heterocycles. The first-order valence-electron chi connectivity index (χ1n) is 8.97. The Morgan fingerprint density at radius 3 is 2.26 bits per heavy atom. The molecule has 4 nitrogen and oxygen atoms in total. The van der Waals surface area contributed by atoms with Gasteiger partial charge in [-0.3, -0.25) is 4.79 Å². The summed E-state index contributed by atoms with van der Waals surface area (Å²) < 4.78 is 11.2. The molecule has 0 fully saturated rings. The molecule has 0 N–H and O–H groups in total. The standard InChI is InChI=1S/C23H21NO3/c1-26-19-11-13-20(14-12-19)27-16-22(17-7-3-2-4-8-17)24-15-18-9-5-6-10-21(18)23(24)25/h2-14,22H,15-16H2,1H3. The highest BCUT2D eigenvalue weighted by Gasteiger charge is 2.33. The number of hydrogen-bond donors (Lipinski definition) is 0. The normalized spacial score (nSPS) is 14.0. The van der Waals surface area contributed by atoms with Crippen LogP contribution in [0, 0.1) is 0 Å². The fraction of sp³-hybridized carbons (Fsp3) is 0.174. The molecule has 0 aliphatic carbocycles. The largest absolute Gasteiger partial charge is 0.497 e. The second-order valence-electron chi connectivity index (χ2n) is 6.50. The lowest BCUT2D eigenvalue weighted by molar-refractivity contribution is 0.0635. The van der Waals surface area contributed by atoms with Crippen molar-refractivity contribution in [3.05, 3.63) is 95.6 Å². The van der Waals surface area contributed by atoms with Gasteiger partial charge in [-0.25, -0.2) is 0 Å². The van der Waals surface area contributed by atoms with E-state index in [-0.39, 0.29) is 11.9 Å². The summed E-state index contributed by atoms with van der Waals surface area (Å²) >= 11 is 0. The molecule has 1 aliphatic rings. The minimum atomic E-state index is -0.159. The third-order valence-corrected chi connectivity index (χ3v) is 4.88. The lowest BCUT2D eigenvalue weighted by atomic mass is 10.1. The lowest BCUT2D eigenvalue weighted by Gasteiger charge is -2.28. The summed E-state index contributed by atoms with van der Waals surface area (Å²) in [5, 5.41) is 0. The van der Waals surface area contributed by atoms with Crippen molar-refractivity contribution in [3.8, 4) is 11.5 Å². The maximum absolute atomic E-state index is 13.0. The minimum absolute atomic E-state index is 0.0535. The SMILES string of the molecule is COc1ccc(OCC(c2ccccc2)N2Cc3ccccc3C2=O)cc1. The summed E-state index contributed by atoms with van der Waals surface area (Å²) in [6, 6.07) is 25.1. The molecule has 1 atom stereocenters. The Bertz CT molecular complexity index is 922. The molecule has 1 amide bonds. The first-order chi connectivity index (χ1) is 13.3. The van der Waals surface area contributed by atoms with Crippen molar-refractivity contribution in [2.45, 2.75) is 12.6 Å². The number of nitrogens with zero attached hydrogens (tertiary/aromatic N) is 1. The third-order valence-electron chi connectivity index (χ3n) is 4.88. The van der Waals surface area contributed by atoms with E-state index < -0.39 is 0 Å². The Morgan fingerprint density at radius 2 is 1.56 bits per heavy atom. The van der Waals surface area contributed by atoms with Crippen LogP contribution < -0.4 is 9.47 Å². The van der Waals surface area contributed by atoms with Crippen LogP contribution in [0.3, 0.4) is 0 Å². The first-order valence-corrected chi connectivity index (χ1v) is 8.97. The molecule has 4 heteroatoms. The van der Waals surface area contributed by atoms with Gasteiger partial charge in [0.05, 0.1) is 13.2 Å². The van der Waals surface area contributed by atoms with Gasteiger partial charge in [-0.2, -0.15) is 0 Å². The average Bonchev–Trinajstić information content (AvgIpc) is 3.06. The molecular formula is C23H21NO3. The zero-order valence-corrected chi connectivity index (χ0v) is 15.2. The predicted molar refractivity (Wildman–Crippen MR) is 104 cm³/mol. The van der Waals surface area contributed by atoms with Crippen LogP contribution in [0.4, 0.5) is 0 Å². The Balaban J connectivity index is 1.58. The van der Waals surface area contributed by atoms with Crippen molar-refractivity contribution in [2.75, 3.05) is 13.7 Å². The highest BCUT2D eigenvalue weighted by atomic mass is 16.5. The zero-order chi connectivity index (χ0) is 18.6. The van der Waals surface area contributed by atoms with Crippen LogP contribution in [0.1, 0.15) is 27.5 Å². The van der Waals surface area contributed by atoms with Gasteiger partial charge in [-0.05, 0) is 41.5 Å². The second-order valence-corrected chi connectivity index (χ2v) is 6.50. The van der Waals surface area contributed by atoms with Crippen LogP contribution in [-0.2, 0) is 6.54 Å². The molecule has 4 rings (SSSR count). The summed E-state index contributed by atoms with van der Waals surface area (Å²) in [6.45, 7) is 0.983. The van der Waals surface area contributed by atoms with Crippen LogP contribution in [0.2, 0.25) is 0 Å². The van der Waals surface area contributed by atoms with Gasteiger partial charge in [0.1, 0.15) is 18.1 Å². The van der Waals surface area contributed by atoms with Crippen LogP contribution >= 0.6 is 0 Å². The van der Waals surface area contributed by atoms with E-state index in [1.807, 2.05) is 83.8 Å². The molecule has 27 heavy (non-hydrogen) atoms. The zero-order valence-electron chi connectivity index (χ0n) is 15.2. The summed E-state index contributed by atoms with van der Waals surface area (Å²) in [6.07, 6.45) is 0. The summed E-state index contributed by atoms with van der Waals surface area (Å²) in [5.74, 6) is 1.59. The molecular weight excluding hydrogens is 338 g/mol. The van der Waals surface area contributed by atoms with E-state index in [4.69, 9.17) is 9.47 Å². The van der Waals surface area contributed by atoms with Crippen molar-refractivity contribution >= 4 is 5.91 Å². The van der Waals surface area contributed by atoms with Gasteiger partial charge in [0, 0.05) is 12.1 Å². The van der Waals surface area contributed by atoms with Crippen molar-refractivity contribution < 1.29 is 14.3 Å². The van der Waals surface area contributed by atoms with Crippen LogP contribution in [0.5, 0.6) is 11.5 Å². The van der Waals surface area contributed by atoms with E-state index in [0.717, 1.165) is 28.2 Å². The number of carbonyl (C=O) groups is 1. The monoisotopic (exact) mass is 359 g/mol. The second kappa shape index (κ2) is 7.54. The topological polar surface area (TPSA) is 38.8 Å². The van der Waals surface area contributed by atoms with Crippen molar-refractivity contribution in [2.24, 2.45) is 0 Å². The number of hydrogen-bond acceptors (Lipinski definition) is 3. The van der Waals surface area contributed by atoms with E-state index >= 15 is 0 Å². The quantitative estimate of drug-likeness (QED) is 0.652. The minimum Gasteiger partial charge on any atom is -0.497 e. The first kappa shape index (κ1) is 17.2. The number of fused-ring (bicyclic) bond motifs is 1. The highest BCUT2D eigenvalue weighted by molar-refractivity contribution is 5.98. The molecule has 1 unspecified atom stereocenters. The summed E-state index contributed by atoms with van der Waals surface area (Å²) in [5.41, 5.74) is 2.91. The van der Waals surface area contributed by atoms with E-state index in [1.54, 1.807) is 7.11 Å². The molecule has 0 radical (unpaired) electrons. The molecule has 0 aromatic heterocycles. The molecule has 0 saturated carbocycles. The van der Waals surface area contributed by atoms with Crippen molar-refractivity contribution in [3.63, 3.8) is 0 Å². The van der Waals surface area contributed by atoms with E-state index in [2.05, 4.69) is 0 Å². The molecule has 136 valence electrons. The van der Waals surface area contributed by atoms with Gasteiger partial charge in [0.2, 0.25) is 0 Å². The number of ether oxygens (including phenoxy) is 2. The summed E-state index contributed by atoms with van der Waals surface area (Å²) in [7, 11) is 1.64. The summed E-state index contributed by atoms with van der Waals surface area (Å²) in [4.78, 5) is 14.9. The van der Waals surface area contributed by atoms with E-state index in [1.165, 1.54) is 0 Å². The number of rotatable bonds is 6. The number of carbonyl (C=O) groups excluding carboxylic acids is 1. The van der Waals surface area contributed by atoms with Crippen molar-refractivity contribution in [1.82, 2.24) is 4.90 Å².